The summed E-state index contributed by atoms with van der Waals surface area (Å²) in [6.07, 6.45) is 5.40. The van der Waals surface area contributed by atoms with Gasteiger partial charge in [0.1, 0.15) is 0 Å². The lowest BCUT2D eigenvalue weighted by Crippen LogP contribution is -1.97. The molecule has 0 atom stereocenters. The van der Waals surface area contributed by atoms with E-state index in [0.717, 1.165) is 11.3 Å². The van der Waals surface area contributed by atoms with Crippen LogP contribution in [0.4, 0.5) is 0 Å². The van der Waals surface area contributed by atoms with E-state index in [9.17, 15) is 4.79 Å². The van der Waals surface area contributed by atoms with Crippen LogP contribution in [-0.4, -0.2) is 25.8 Å². The van der Waals surface area contributed by atoms with E-state index in [-0.39, 0.29) is 12.8 Å². The SMILES string of the molecule is O=C(O)CCc1ncc(-c2cnn(-c3ccccc3)c2)o1. The molecule has 6 heteroatoms. The van der Waals surface area contributed by atoms with E-state index >= 15 is 0 Å². The van der Waals surface area contributed by atoms with Crippen molar-refractivity contribution >= 4 is 5.97 Å². The Morgan fingerprint density at radius 1 is 1.24 bits per heavy atom. The maximum absolute atomic E-state index is 10.5. The Balaban J connectivity index is 1.79. The molecule has 0 aliphatic heterocycles. The molecule has 2 aromatic heterocycles. The molecule has 0 bridgehead atoms. The van der Waals surface area contributed by atoms with Gasteiger partial charge in [0.15, 0.2) is 11.7 Å². The van der Waals surface area contributed by atoms with Crippen molar-refractivity contribution in [2.45, 2.75) is 12.8 Å². The minimum absolute atomic E-state index is 0.00320. The summed E-state index contributed by atoms with van der Waals surface area (Å²) in [5.74, 6) is 0.129. The quantitative estimate of drug-likeness (QED) is 0.778. The molecule has 2 heterocycles. The number of aryl methyl sites for hydroxylation is 1. The van der Waals surface area contributed by atoms with Crippen molar-refractivity contribution in [3.8, 4) is 17.0 Å². The lowest BCUT2D eigenvalue weighted by atomic mass is 10.3. The summed E-state index contributed by atoms with van der Waals surface area (Å²) in [4.78, 5) is 14.6. The van der Waals surface area contributed by atoms with E-state index in [4.69, 9.17) is 9.52 Å². The highest BCUT2D eigenvalue weighted by atomic mass is 16.4. The summed E-state index contributed by atoms with van der Waals surface area (Å²) >= 11 is 0. The van der Waals surface area contributed by atoms with Crippen LogP contribution >= 0.6 is 0 Å². The maximum atomic E-state index is 10.5. The number of rotatable bonds is 5. The summed E-state index contributed by atoms with van der Waals surface area (Å²) in [7, 11) is 0. The van der Waals surface area contributed by atoms with Crippen LogP contribution in [0.1, 0.15) is 12.3 Å². The number of hydrogen-bond donors (Lipinski definition) is 1. The van der Waals surface area contributed by atoms with E-state index in [1.54, 1.807) is 17.1 Å². The smallest absolute Gasteiger partial charge is 0.303 e. The van der Waals surface area contributed by atoms with Gasteiger partial charge in [0, 0.05) is 12.6 Å². The van der Waals surface area contributed by atoms with Crippen molar-refractivity contribution < 1.29 is 14.3 Å². The Labute approximate surface area is 120 Å². The fourth-order valence-corrected chi connectivity index (χ4v) is 1.95. The topological polar surface area (TPSA) is 81.1 Å². The van der Waals surface area contributed by atoms with Crippen molar-refractivity contribution in [2.24, 2.45) is 0 Å². The minimum atomic E-state index is -0.869. The van der Waals surface area contributed by atoms with Crippen molar-refractivity contribution in [3.63, 3.8) is 0 Å². The predicted octanol–water partition coefficient (Wildman–Crippen LogP) is 2.54. The first-order valence-corrected chi connectivity index (χ1v) is 6.49. The summed E-state index contributed by atoms with van der Waals surface area (Å²) in [6.45, 7) is 0. The van der Waals surface area contributed by atoms with Gasteiger partial charge in [-0.2, -0.15) is 5.10 Å². The second-order valence-corrected chi connectivity index (χ2v) is 4.52. The number of para-hydroxylation sites is 1. The monoisotopic (exact) mass is 283 g/mol. The zero-order valence-electron chi connectivity index (χ0n) is 11.1. The Bertz CT molecular complexity index is 746. The molecular weight excluding hydrogens is 270 g/mol. The molecular formula is C15H13N3O3. The van der Waals surface area contributed by atoms with Gasteiger partial charge in [0.25, 0.3) is 0 Å². The Kier molecular flexibility index (Phi) is 3.51. The van der Waals surface area contributed by atoms with E-state index < -0.39 is 5.97 Å². The Hall–Kier alpha value is -2.89. The van der Waals surface area contributed by atoms with Gasteiger partial charge in [0.2, 0.25) is 0 Å². The molecule has 0 radical (unpaired) electrons. The first-order valence-electron chi connectivity index (χ1n) is 6.49. The van der Waals surface area contributed by atoms with Crippen LogP contribution < -0.4 is 0 Å². The van der Waals surface area contributed by atoms with E-state index in [0.29, 0.717) is 11.7 Å². The standard InChI is InChI=1S/C15H13N3O3/c19-15(20)7-6-14-16-9-13(21-14)11-8-17-18(10-11)12-4-2-1-3-5-12/h1-5,8-10H,6-7H2,(H,19,20). The number of aromatic nitrogens is 3. The Morgan fingerprint density at radius 3 is 2.81 bits per heavy atom. The zero-order chi connectivity index (χ0) is 14.7. The molecule has 1 aromatic carbocycles. The van der Waals surface area contributed by atoms with Gasteiger partial charge in [-0.25, -0.2) is 9.67 Å². The first-order chi connectivity index (χ1) is 10.2. The minimum Gasteiger partial charge on any atom is -0.481 e. The number of hydrogen-bond acceptors (Lipinski definition) is 4. The van der Waals surface area contributed by atoms with Gasteiger partial charge >= 0.3 is 5.97 Å². The third-order valence-electron chi connectivity index (χ3n) is 2.99. The van der Waals surface area contributed by atoms with Crippen LogP contribution in [0.15, 0.2) is 53.3 Å². The molecule has 3 rings (SSSR count). The zero-order valence-corrected chi connectivity index (χ0v) is 11.1. The van der Waals surface area contributed by atoms with E-state index in [2.05, 4.69) is 10.1 Å². The summed E-state index contributed by atoms with van der Waals surface area (Å²) in [6, 6.07) is 9.73. The second-order valence-electron chi connectivity index (χ2n) is 4.52. The third kappa shape index (κ3) is 3.00. The summed E-state index contributed by atoms with van der Waals surface area (Å²) < 4.78 is 7.29. The van der Waals surface area contributed by atoms with E-state index in [1.807, 2.05) is 36.5 Å². The number of benzene rings is 1. The number of carboxylic acids is 1. The van der Waals surface area contributed by atoms with Crippen LogP contribution in [0, 0.1) is 0 Å². The summed E-state index contributed by atoms with van der Waals surface area (Å²) in [5, 5.41) is 12.9. The maximum Gasteiger partial charge on any atom is 0.303 e. The molecule has 0 saturated carbocycles. The fraction of sp³-hybridized carbons (Fsp3) is 0.133. The van der Waals surface area contributed by atoms with Crippen molar-refractivity contribution in [2.75, 3.05) is 0 Å². The molecule has 0 spiro atoms. The van der Waals surface area contributed by atoms with Crippen LogP contribution in [0.5, 0.6) is 0 Å². The molecule has 0 aliphatic rings. The highest BCUT2D eigenvalue weighted by Crippen LogP contribution is 2.21. The molecule has 0 unspecified atom stereocenters. The Morgan fingerprint density at radius 2 is 2.05 bits per heavy atom. The number of nitrogens with zero attached hydrogens (tertiary/aromatic N) is 3. The van der Waals surface area contributed by atoms with E-state index in [1.165, 1.54) is 0 Å². The molecule has 1 N–H and O–H groups in total. The molecule has 0 fully saturated rings. The van der Waals surface area contributed by atoms with Crippen molar-refractivity contribution in [3.05, 3.63) is 54.8 Å². The normalized spacial score (nSPS) is 10.7. The molecule has 106 valence electrons. The molecule has 0 saturated heterocycles. The molecule has 21 heavy (non-hydrogen) atoms. The van der Waals surface area contributed by atoms with Crippen LogP contribution in [0.2, 0.25) is 0 Å². The molecule has 6 nitrogen and oxygen atoms in total. The molecule has 0 aliphatic carbocycles. The van der Waals surface area contributed by atoms with Crippen molar-refractivity contribution in [1.29, 1.82) is 0 Å². The van der Waals surface area contributed by atoms with Crippen LogP contribution in [0.3, 0.4) is 0 Å². The highest BCUT2D eigenvalue weighted by Gasteiger charge is 2.10. The number of aliphatic carboxylic acids is 1. The van der Waals surface area contributed by atoms with Crippen LogP contribution in [0.25, 0.3) is 17.0 Å². The predicted molar refractivity (Wildman–Crippen MR) is 75.0 cm³/mol. The third-order valence-corrected chi connectivity index (χ3v) is 2.99. The summed E-state index contributed by atoms with van der Waals surface area (Å²) in [5.41, 5.74) is 1.75. The second kappa shape index (κ2) is 5.62. The number of oxazole rings is 1. The van der Waals surface area contributed by atoms with Gasteiger partial charge < -0.3 is 9.52 Å². The van der Waals surface area contributed by atoms with Crippen molar-refractivity contribution in [1.82, 2.24) is 14.8 Å². The average molecular weight is 283 g/mol. The van der Waals surface area contributed by atoms with Gasteiger partial charge in [-0.1, -0.05) is 18.2 Å². The lowest BCUT2D eigenvalue weighted by molar-refractivity contribution is -0.137. The van der Waals surface area contributed by atoms with Crippen LogP contribution in [-0.2, 0) is 11.2 Å². The fourth-order valence-electron chi connectivity index (χ4n) is 1.95. The van der Waals surface area contributed by atoms with Gasteiger partial charge in [-0.3, -0.25) is 4.79 Å². The number of carbonyl (C=O) groups is 1. The lowest BCUT2D eigenvalue weighted by Gasteiger charge is -1.98. The average Bonchev–Trinajstić information content (AvgIpc) is 3.15. The largest absolute Gasteiger partial charge is 0.481 e. The van der Waals surface area contributed by atoms with Gasteiger partial charge in [-0.05, 0) is 12.1 Å². The number of carboxylic acid groups (broad SMARTS) is 1. The first kappa shape index (κ1) is 13.1. The molecule has 3 aromatic rings. The van der Waals surface area contributed by atoms with Gasteiger partial charge in [0.05, 0.1) is 30.1 Å². The highest BCUT2D eigenvalue weighted by molar-refractivity contribution is 5.66. The van der Waals surface area contributed by atoms with Gasteiger partial charge in [-0.15, -0.1) is 0 Å². The molecule has 0 amide bonds.